The van der Waals surface area contributed by atoms with Crippen LogP contribution in [0.3, 0.4) is 0 Å². The van der Waals surface area contributed by atoms with Gasteiger partial charge in [0.15, 0.2) is 0 Å². The van der Waals surface area contributed by atoms with Crippen molar-refractivity contribution in [3.05, 3.63) is 0 Å². The lowest BCUT2D eigenvalue weighted by Gasteiger charge is -2.45. The minimum Gasteiger partial charge on any atom is -0.460 e. The van der Waals surface area contributed by atoms with Crippen LogP contribution in [0.1, 0.15) is 26.2 Å². The highest BCUT2D eigenvalue weighted by atomic mass is 16.6. The SMILES string of the molecule is CC(=O)OC1CC2(C#N)CCC1OC2. The average Bonchev–Trinajstić information content (AvgIpc) is 2.19. The van der Waals surface area contributed by atoms with Crippen LogP contribution in [0.25, 0.3) is 0 Å². The van der Waals surface area contributed by atoms with Crippen LogP contribution >= 0.6 is 0 Å². The molecule has 3 rings (SSSR count). The van der Waals surface area contributed by atoms with Gasteiger partial charge in [0.1, 0.15) is 6.10 Å². The summed E-state index contributed by atoms with van der Waals surface area (Å²) >= 11 is 0. The lowest BCUT2D eigenvalue weighted by Crippen LogP contribution is -2.51. The summed E-state index contributed by atoms with van der Waals surface area (Å²) in [5.41, 5.74) is -0.408. The molecule has 4 nitrogen and oxygen atoms in total. The van der Waals surface area contributed by atoms with Crippen LogP contribution in [-0.4, -0.2) is 24.8 Å². The minimum atomic E-state index is -0.408. The van der Waals surface area contributed by atoms with Gasteiger partial charge < -0.3 is 9.47 Å². The molecule has 3 aliphatic rings. The summed E-state index contributed by atoms with van der Waals surface area (Å²) < 4.78 is 10.6. The van der Waals surface area contributed by atoms with E-state index in [1.165, 1.54) is 6.92 Å². The maximum absolute atomic E-state index is 10.8. The summed E-state index contributed by atoms with van der Waals surface area (Å²) in [6.07, 6.45) is 2.12. The van der Waals surface area contributed by atoms with E-state index in [1.54, 1.807) is 0 Å². The topological polar surface area (TPSA) is 59.3 Å². The standard InChI is InChI=1S/C10H13NO3/c1-7(12)14-9-4-10(5-11)3-2-8(9)13-6-10/h8-9H,2-4,6H2,1H3. The number of fused-ring (bicyclic) bond motifs is 3. The van der Waals surface area contributed by atoms with Gasteiger partial charge in [-0.15, -0.1) is 0 Å². The molecule has 0 N–H and O–H groups in total. The van der Waals surface area contributed by atoms with Crippen molar-refractivity contribution in [3.8, 4) is 6.07 Å². The summed E-state index contributed by atoms with van der Waals surface area (Å²) in [6, 6.07) is 2.29. The number of carbonyl (C=O) groups excluding carboxylic acids is 1. The van der Waals surface area contributed by atoms with E-state index in [2.05, 4.69) is 6.07 Å². The Labute approximate surface area is 82.8 Å². The van der Waals surface area contributed by atoms with E-state index >= 15 is 0 Å². The Morgan fingerprint density at radius 1 is 1.71 bits per heavy atom. The number of rotatable bonds is 1. The maximum Gasteiger partial charge on any atom is 0.302 e. The molecular formula is C10H13NO3. The van der Waals surface area contributed by atoms with Crippen LogP contribution in [0.15, 0.2) is 0 Å². The summed E-state index contributed by atoms with van der Waals surface area (Å²) in [5.74, 6) is -0.292. The molecule has 0 aromatic carbocycles. The van der Waals surface area contributed by atoms with Crippen LogP contribution in [-0.2, 0) is 14.3 Å². The van der Waals surface area contributed by atoms with Crippen molar-refractivity contribution in [2.75, 3.05) is 6.61 Å². The zero-order chi connectivity index (χ0) is 10.2. The van der Waals surface area contributed by atoms with Crippen LogP contribution in [0.4, 0.5) is 0 Å². The molecule has 14 heavy (non-hydrogen) atoms. The van der Waals surface area contributed by atoms with Gasteiger partial charge in [0.2, 0.25) is 0 Å². The van der Waals surface area contributed by atoms with Gasteiger partial charge in [0.25, 0.3) is 0 Å². The Hall–Kier alpha value is -1.08. The molecule has 3 unspecified atom stereocenters. The summed E-state index contributed by atoms with van der Waals surface area (Å²) in [7, 11) is 0. The monoisotopic (exact) mass is 195 g/mol. The van der Waals surface area contributed by atoms with E-state index in [0.29, 0.717) is 13.0 Å². The van der Waals surface area contributed by atoms with Gasteiger partial charge in [-0.05, 0) is 12.8 Å². The summed E-state index contributed by atoms with van der Waals surface area (Å²) in [4.78, 5) is 10.8. The first-order chi connectivity index (χ1) is 6.65. The highest BCUT2D eigenvalue weighted by Crippen LogP contribution is 2.43. The third-order valence-corrected chi connectivity index (χ3v) is 3.04. The van der Waals surface area contributed by atoms with Gasteiger partial charge >= 0.3 is 5.97 Å². The molecule has 1 saturated carbocycles. The number of hydrogen-bond donors (Lipinski definition) is 0. The normalized spacial score (nSPS) is 40.3. The molecule has 0 aromatic rings. The van der Waals surface area contributed by atoms with E-state index in [1.807, 2.05) is 0 Å². The second-order valence-corrected chi connectivity index (χ2v) is 4.13. The van der Waals surface area contributed by atoms with Crippen molar-refractivity contribution in [1.29, 1.82) is 5.26 Å². The fourth-order valence-electron chi connectivity index (χ4n) is 2.28. The smallest absolute Gasteiger partial charge is 0.302 e. The molecule has 4 heteroatoms. The Bertz CT molecular complexity index is 286. The summed E-state index contributed by atoms with van der Waals surface area (Å²) in [5, 5.41) is 9.05. The first kappa shape index (κ1) is 9.47. The van der Waals surface area contributed by atoms with Crippen LogP contribution in [0, 0.1) is 16.7 Å². The Morgan fingerprint density at radius 2 is 2.50 bits per heavy atom. The largest absolute Gasteiger partial charge is 0.460 e. The molecule has 0 radical (unpaired) electrons. The van der Waals surface area contributed by atoms with E-state index in [4.69, 9.17) is 14.7 Å². The van der Waals surface area contributed by atoms with Crippen molar-refractivity contribution in [1.82, 2.24) is 0 Å². The number of nitriles is 1. The molecule has 0 aromatic heterocycles. The zero-order valence-corrected chi connectivity index (χ0v) is 8.16. The van der Waals surface area contributed by atoms with E-state index in [9.17, 15) is 4.79 Å². The molecule has 2 aliphatic heterocycles. The number of nitrogens with zero attached hydrogens (tertiary/aromatic N) is 1. The molecule has 0 amide bonds. The van der Waals surface area contributed by atoms with E-state index in [-0.39, 0.29) is 18.2 Å². The fraction of sp³-hybridized carbons (Fsp3) is 0.800. The molecule has 2 bridgehead atoms. The summed E-state index contributed by atoms with van der Waals surface area (Å²) in [6.45, 7) is 1.88. The van der Waals surface area contributed by atoms with Gasteiger partial charge in [-0.25, -0.2) is 0 Å². The number of ether oxygens (including phenoxy) is 2. The van der Waals surface area contributed by atoms with Crippen molar-refractivity contribution in [3.63, 3.8) is 0 Å². The van der Waals surface area contributed by atoms with Crippen LogP contribution < -0.4 is 0 Å². The lowest BCUT2D eigenvalue weighted by atomic mass is 9.71. The van der Waals surface area contributed by atoms with Crippen LogP contribution in [0.2, 0.25) is 0 Å². The molecular weight excluding hydrogens is 182 g/mol. The quantitative estimate of drug-likeness (QED) is 0.586. The van der Waals surface area contributed by atoms with E-state index in [0.717, 1.165) is 12.8 Å². The Kier molecular flexibility index (Phi) is 2.20. The number of carbonyl (C=O) groups is 1. The molecule has 3 atom stereocenters. The van der Waals surface area contributed by atoms with Crippen LogP contribution in [0.5, 0.6) is 0 Å². The van der Waals surface area contributed by atoms with Gasteiger partial charge in [-0.1, -0.05) is 0 Å². The van der Waals surface area contributed by atoms with Crippen molar-refractivity contribution in [2.24, 2.45) is 5.41 Å². The molecule has 76 valence electrons. The fourth-order valence-corrected chi connectivity index (χ4v) is 2.28. The molecule has 3 fully saturated rings. The zero-order valence-electron chi connectivity index (χ0n) is 8.16. The highest BCUT2D eigenvalue weighted by Gasteiger charge is 2.48. The van der Waals surface area contributed by atoms with Gasteiger partial charge in [0.05, 0.1) is 24.2 Å². The Balaban J connectivity index is 2.09. The Morgan fingerprint density at radius 3 is 3.00 bits per heavy atom. The predicted molar refractivity (Wildman–Crippen MR) is 47.2 cm³/mol. The second kappa shape index (κ2) is 3.25. The minimum absolute atomic E-state index is 0.00845. The highest BCUT2D eigenvalue weighted by molar-refractivity contribution is 5.66. The molecule has 2 heterocycles. The van der Waals surface area contributed by atoms with Gasteiger partial charge in [-0.3, -0.25) is 4.79 Å². The lowest BCUT2D eigenvalue weighted by molar-refractivity contribution is -0.187. The van der Waals surface area contributed by atoms with E-state index < -0.39 is 5.41 Å². The first-order valence-electron chi connectivity index (χ1n) is 4.85. The molecule has 1 aliphatic carbocycles. The number of hydrogen-bond acceptors (Lipinski definition) is 4. The maximum atomic E-state index is 10.8. The van der Waals surface area contributed by atoms with Crippen molar-refractivity contribution >= 4 is 5.97 Å². The third-order valence-electron chi connectivity index (χ3n) is 3.04. The predicted octanol–water partition coefficient (Wildman–Crippen LogP) is 1.01. The molecule has 2 saturated heterocycles. The van der Waals surface area contributed by atoms with Crippen molar-refractivity contribution in [2.45, 2.75) is 38.4 Å². The number of esters is 1. The second-order valence-electron chi connectivity index (χ2n) is 4.13. The van der Waals surface area contributed by atoms with Crippen molar-refractivity contribution < 1.29 is 14.3 Å². The molecule has 0 spiro atoms. The van der Waals surface area contributed by atoms with Gasteiger partial charge in [0, 0.05) is 13.3 Å². The average molecular weight is 195 g/mol. The van der Waals surface area contributed by atoms with Gasteiger partial charge in [-0.2, -0.15) is 5.26 Å². The third kappa shape index (κ3) is 1.48. The first-order valence-corrected chi connectivity index (χ1v) is 4.85.